The van der Waals surface area contributed by atoms with Crippen LogP contribution in [0, 0.1) is 5.41 Å². The highest BCUT2D eigenvalue weighted by Crippen LogP contribution is 2.32. The Morgan fingerprint density at radius 1 is 1.11 bits per heavy atom. The van der Waals surface area contributed by atoms with Gasteiger partial charge >= 0.3 is 0 Å². The van der Waals surface area contributed by atoms with Crippen molar-refractivity contribution in [3.8, 4) is 5.75 Å². The van der Waals surface area contributed by atoms with Crippen LogP contribution in [0.3, 0.4) is 0 Å². The van der Waals surface area contributed by atoms with Crippen LogP contribution in [0.5, 0.6) is 5.75 Å². The van der Waals surface area contributed by atoms with Gasteiger partial charge in [0.05, 0.1) is 5.52 Å². The Balaban J connectivity index is 2.52. The van der Waals surface area contributed by atoms with Crippen LogP contribution >= 0.6 is 0 Å². The molecule has 0 aliphatic rings. The fourth-order valence-corrected chi connectivity index (χ4v) is 3.17. The van der Waals surface area contributed by atoms with Gasteiger partial charge in [-0.05, 0) is 32.4 Å². The first kappa shape index (κ1) is 21.7. The molecular formula is C22H30N2O4. The van der Waals surface area contributed by atoms with Crippen LogP contribution in [0.2, 0.25) is 0 Å². The van der Waals surface area contributed by atoms with E-state index in [0.29, 0.717) is 24.4 Å². The Morgan fingerprint density at radius 2 is 1.75 bits per heavy atom. The fourth-order valence-electron chi connectivity index (χ4n) is 3.17. The average Bonchev–Trinajstić information content (AvgIpc) is 2.98. The van der Waals surface area contributed by atoms with Gasteiger partial charge in [0.1, 0.15) is 11.5 Å². The monoisotopic (exact) mass is 386 g/mol. The van der Waals surface area contributed by atoms with E-state index in [9.17, 15) is 14.4 Å². The highest BCUT2D eigenvalue weighted by molar-refractivity contribution is 6.00. The normalized spacial score (nSPS) is 11.5. The van der Waals surface area contributed by atoms with Crippen molar-refractivity contribution >= 4 is 28.5 Å². The van der Waals surface area contributed by atoms with Crippen LogP contribution in [-0.4, -0.2) is 46.8 Å². The van der Waals surface area contributed by atoms with E-state index in [1.807, 2.05) is 46.8 Å². The molecule has 1 amide bonds. The topological polar surface area (TPSA) is 68.6 Å². The van der Waals surface area contributed by atoms with Gasteiger partial charge in [-0.3, -0.25) is 19.0 Å². The average molecular weight is 386 g/mol. The van der Waals surface area contributed by atoms with Crippen molar-refractivity contribution in [2.75, 3.05) is 19.7 Å². The van der Waals surface area contributed by atoms with E-state index in [1.54, 1.807) is 21.7 Å². The number of hydrogen-bond acceptors (Lipinski definition) is 4. The number of ether oxygens (including phenoxy) is 1. The van der Waals surface area contributed by atoms with Gasteiger partial charge in [-0.25, -0.2) is 0 Å². The van der Waals surface area contributed by atoms with Crippen molar-refractivity contribution in [2.45, 2.75) is 48.0 Å². The number of rotatable bonds is 7. The Bertz CT molecular complexity index is 886. The SMILES string of the molecule is CCN(CC)C(=O)COc1cccc2c(CC(C)=O)cn(C(=O)C(C)(C)C)c12. The smallest absolute Gasteiger partial charge is 0.260 e. The lowest BCUT2D eigenvalue weighted by Crippen LogP contribution is -2.34. The minimum atomic E-state index is -0.608. The van der Waals surface area contributed by atoms with Crippen LogP contribution in [0.15, 0.2) is 24.4 Å². The zero-order valence-electron chi connectivity index (χ0n) is 17.7. The Labute approximate surface area is 166 Å². The van der Waals surface area contributed by atoms with E-state index in [2.05, 4.69) is 0 Å². The molecule has 6 nitrogen and oxygen atoms in total. The molecule has 28 heavy (non-hydrogen) atoms. The third-order valence-electron chi connectivity index (χ3n) is 4.64. The summed E-state index contributed by atoms with van der Waals surface area (Å²) in [6, 6.07) is 5.44. The first-order chi connectivity index (χ1) is 13.1. The van der Waals surface area contributed by atoms with Gasteiger partial charge in [0.25, 0.3) is 5.91 Å². The largest absolute Gasteiger partial charge is 0.482 e. The Kier molecular flexibility index (Phi) is 6.65. The van der Waals surface area contributed by atoms with Crippen molar-refractivity contribution in [2.24, 2.45) is 5.41 Å². The summed E-state index contributed by atoms with van der Waals surface area (Å²) in [5.41, 5.74) is 0.774. The minimum absolute atomic E-state index is 0.0188. The molecule has 0 N–H and O–H groups in total. The molecule has 1 aromatic carbocycles. The summed E-state index contributed by atoms with van der Waals surface area (Å²) >= 11 is 0. The molecular weight excluding hydrogens is 356 g/mol. The number of para-hydroxylation sites is 1. The van der Waals surface area contributed by atoms with Crippen LogP contribution in [0.4, 0.5) is 0 Å². The van der Waals surface area contributed by atoms with E-state index in [0.717, 1.165) is 10.9 Å². The molecule has 2 aromatic rings. The molecule has 0 aliphatic heterocycles. The number of hydrogen-bond donors (Lipinski definition) is 0. The van der Waals surface area contributed by atoms with Gasteiger partial charge in [-0.1, -0.05) is 32.9 Å². The molecule has 1 heterocycles. The molecule has 0 spiro atoms. The Hall–Kier alpha value is -2.63. The number of Topliss-reactive ketones (excluding diaryl/α,β-unsaturated/α-hetero) is 1. The summed E-state index contributed by atoms with van der Waals surface area (Å²) < 4.78 is 7.40. The summed E-state index contributed by atoms with van der Waals surface area (Å²) in [6.07, 6.45) is 1.96. The zero-order chi connectivity index (χ0) is 21.1. The van der Waals surface area contributed by atoms with Crippen LogP contribution in [0.25, 0.3) is 10.9 Å². The number of benzene rings is 1. The third kappa shape index (κ3) is 4.61. The molecule has 0 saturated carbocycles. The van der Waals surface area contributed by atoms with Crippen molar-refractivity contribution in [1.29, 1.82) is 0 Å². The summed E-state index contributed by atoms with van der Waals surface area (Å²) in [5.74, 6) is 0.278. The van der Waals surface area contributed by atoms with E-state index >= 15 is 0 Å². The number of carbonyl (C=O) groups excluding carboxylic acids is 3. The number of amides is 1. The van der Waals surface area contributed by atoms with Gasteiger partial charge in [0.15, 0.2) is 6.61 Å². The van der Waals surface area contributed by atoms with Gasteiger partial charge in [-0.2, -0.15) is 0 Å². The van der Waals surface area contributed by atoms with Crippen LogP contribution in [0.1, 0.15) is 51.9 Å². The maximum Gasteiger partial charge on any atom is 0.260 e. The maximum atomic E-state index is 13.0. The van der Waals surface area contributed by atoms with E-state index in [-0.39, 0.29) is 30.6 Å². The predicted octanol–water partition coefficient (Wildman–Crippen LogP) is 3.71. The molecule has 2 rings (SSSR count). The molecule has 0 unspecified atom stereocenters. The van der Waals surface area contributed by atoms with Gasteiger partial charge in [0, 0.05) is 36.5 Å². The van der Waals surface area contributed by atoms with Crippen molar-refractivity contribution in [1.82, 2.24) is 9.47 Å². The second-order valence-corrected chi connectivity index (χ2v) is 7.97. The summed E-state index contributed by atoms with van der Waals surface area (Å²) in [6.45, 7) is 12.0. The van der Waals surface area contributed by atoms with Gasteiger partial charge < -0.3 is 9.64 Å². The zero-order valence-corrected chi connectivity index (χ0v) is 17.7. The Morgan fingerprint density at radius 3 is 2.29 bits per heavy atom. The van der Waals surface area contributed by atoms with Crippen LogP contribution < -0.4 is 4.74 Å². The minimum Gasteiger partial charge on any atom is -0.482 e. The number of ketones is 1. The van der Waals surface area contributed by atoms with Crippen molar-refractivity contribution in [3.05, 3.63) is 30.0 Å². The quantitative estimate of drug-likeness (QED) is 0.727. The number of likely N-dealkylation sites (N-methyl/N-ethyl adjacent to an activating group) is 1. The molecule has 0 fully saturated rings. The lowest BCUT2D eigenvalue weighted by Gasteiger charge is -2.20. The molecule has 0 bridgehead atoms. The molecule has 152 valence electrons. The second-order valence-electron chi connectivity index (χ2n) is 7.97. The first-order valence-electron chi connectivity index (χ1n) is 9.67. The number of carbonyl (C=O) groups is 3. The summed E-state index contributed by atoms with van der Waals surface area (Å²) in [4.78, 5) is 38.7. The van der Waals surface area contributed by atoms with Gasteiger partial charge in [0.2, 0.25) is 5.91 Å². The maximum absolute atomic E-state index is 13.0. The van der Waals surface area contributed by atoms with Crippen LogP contribution in [-0.2, 0) is 16.0 Å². The molecule has 0 saturated heterocycles. The summed E-state index contributed by atoms with van der Waals surface area (Å²) in [7, 11) is 0. The molecule has 0 aliphatic carbocycles. The first-order valence-corrected chi connectivity index (χ1v) is 9.67. The standard InChI is InChI=1S/C22H30N2O4/c1-7-23(8-2)19(26)14-28-18-11-9-10-17-16(12-15(3)25)13-24(20(17)18)21(27)22(4,5)6/h9-11,13H,7-8,12,14H2,1-6H3. The van der Waals surface area contributed by atoms with Gasteiger partial charge in [-0.15, -0.1) is 0 Å². The predicted molar refractivity (Wildman–Crippen MR) is 110 cm³/mol. The fraction of sp³-hybridized carbons (Fsp3) is 0.500. The van der Waals surface area contributed by atoms with E-state index < -0.39 is 5.41 Å². The molecule has 0 atom stereocenters. The summed E-state index contributed by atoms with van der Waals surface area (Å²) in [5, 5.41) is 0.792. The number of nitrogens with zero attached hydrogens (tertiary/aromatic N) is 2. The highest BCUT2D eigenvalue weighted by atomic mass is 16.5. The van der Waals surface area contributed by atoms with Crippen molar-refractivity contribution < 1.29 is 19.1 Å². The number of aromatic nitrogens is 1. The van der Waals surface area contributed by atoms with E-state index in [4.69, 9.17) is 4.74 Å². The second kappa shape index (κ2) is 8.59. The molecule has 6 heteroatoms. The third-order valence-corrected chi connectivity index (χ3v) is 4.64. The lowest BCUT2D eigenvalue weighted by molar-refractivity contribution is -0.132. The lowest BCUT2D eigenvalue weighted by atomic mass is 9.95. The van der Waals surface area contributed by atoms with Crippen molar-refractivity contribution in [3.63, 3.8) is 0 Å². The van der Waals surface area contributed by atoms with E-state index in [1.165, 1.54) is 6.92 Å². The molecule has 1 aromatic heterocycles. The molecule has 0 radical (unpaired) electrons. The highest BCUT2D eigenvalue weighted by Gasteiger charge is 2.27. The number of fused-ring (bicyclic) bond motifs is 1.